The minimum Gasteiger partial charge on any atom is -0.457 e. The number of rotatable bonds is 10. The van der Waals surface area contributed by atoms with Crippen LogP contribution in [0.4, 0.5) is 5.69 Å². The molecule has 2 aromatic carbocycles. The average molecular weight is 583 g/mol. The maximum Gasteiger partial charge on any atom is 0.276 e. The Labute approximate surface area is 249 Å². The average Bonchev–Trinajstić information content (AvgIpc) is 3.01. The lowest BCUT2D eigenvalue weighted by Crippen LogP contribution is -2.38. The van der Waals surface area contributed by atoms with E-state index in [4.69, 9.17) is 9.47 Å². The van der Waals surface area contributed by atoms with Crippen LogP contribution in [0.1, 0.15) is 38.5 Å². The van der Waals surface area contributed by atoms with E-state index >= 15 is 0 Å². The second-order valence-corrected chi connectivity index (χ2v) is 10.3. The number of benzene rings is 2. The molecule has 0 atom stereocenters. The number of nitrogens with zero attached hydrogens (tertiary/aromatic N) is 4. The number of nitrogens with one attached hydrogen (secondary N) is 2. The monoisotopic (exact) mass is 582 g/mol. The lowest BCUT2D eigenvalue weighted by Gasteiger charge is -2.26. The molecule has 1 aliphatic rings. The first kappa shape index (κ1) is 29.6. The summed E-state index contributed by atoms with van der Waals surface area (Å²) in [5.74, 6) is 0.275. The van der Waals surface area contributed by atoms with E-state index in [0.29, 0.717) is 35.0 Å². The Hall–Kier alpha value is -4.87. The van der Waals surface area contributed by atoms with Crippen LogP contribution in [-0.4, -0.2) is 70.9 Å². The number of carbonyl (C=O) groups excluding carboxylic acids is 2. The maximum atomic E-state index is 13.1. The Balaban J connectivity index is 1.17. The van der Waals surface area contributed by atoms with Crippen LogP contribution in [-0.2, 0) is 4.74 Å². The smallest absolute Gasteiger partial charge is 0.276 e. The Morgan fingerprint density at radius 1 is 0.930 bits per heavy atom. The lowest BCUT2D eigenvalue weighted by atomic mass is 10.2. The SMILES string of the molecule is Cc1ccc(-n2nc(C(=O)Nc3ccc(Oc4ccnc(C(=O)NCCCN5CCOCC5)c4)cc3)c(C)cc2=O)cc1. The Morgan fingerprint density at radius 2 is 1.67 bits per heavy atom. The summed E-state index contributed by atoms with van der Waals surface area (Å²) < 4.78 is 12.5. The van der Waals surface area contributed by atoms with E-state index in [1.165, 1.54) is 16.9 Å². The van der Waals surface area contributed by atoms with Gasteiger partial charge in [0.1, 0.15) is 17.2 Å². The van der Waals surface area contributed by atoms with Crippen molar-refractivity contribution in [3.05, 3.63) is 106 Å². The molecule has 2 amide bonds. The highest BCUT2D eigenvalue weighted by atomic mass is 16.5. The number of hydrogen-bond acceptors (Lipinski definition) is 8. The predicted octanol–water partition coefficient (Wildman–Crippen LogP) is 3.74. The minimum absolute atomic E-state index is 0.143. The van der Waals surface area contributed by atoms with Crippen molar-refractivity contribution in [1.29, 1.82) is 0 Å². The molecule has 0 unspecified atom stereocenters. The first-order valence-corrected chi connectivity index (χ1v) is 14.2. The standard InChI is InChI=1S/C32H34N6O5/c1-22-4-8-25(9-5-22)38-29(39)20-23(2)30(36-38)32(41)35-24-6-10-26(11-7-24)43-27-12-14-33-28(21-27)31(40)34-13-3-15-37-16-18-42-19-17-37/h4-12,14,20-21H,3,13,15-19H2,1-2H3,(H,34,40)(H,35,41). The van der Waals surface area contributed by atoms with Gasteiger partial charge in [-0.15, -0.1) is 0 Å². The van der Waals surface area contributed by atoms with Gasteiger partial charge in [-0.2, -0.15) is 9.78 Å². The van der Waals surface area contributed by atoms with Crippen molar-refractivity contribution in [3.8, 4) is 17.2 Å². The summed E-state index contributed by atoms with van der Waals surface area (Å²) in [4.78, 5) is 44.7. The molecule has 2 aromatic heterocycles. The van der Waals surface area contributed by atoms with Crippen molar-refractivity contribution in [2.75, 3.05) is 44.7 Å². The zero-order chi connectivity index (χ0) is 30.2. The number of morpholine rings is 1. The van der Waals surface area contributed by atoms with Gasteiger partial charge in [-0.25, -0.2) is 0 Å². The van der Waals surface area contributed by atoms with E-state index in [0.717, 1.165) is 44.8 Å². The molecule has 3 heterocycles. The third-order valence-corrected chi connectivity index (χ3v) is 6.97. The van der Waals surface area contributed by atoms with Crippen molar-refractivity contribution >= 4 is 17.5 Å². The molecule has 11 heteroatoms. The van der Waals surface area contributed by atoms with Gasteiger partial charge in [0.15, 0.2) is 5.69 Å². The van der Waals surface area contributed by atoms with Crippen molar-refractivity contribution in [2.24, 2.45) is 0 Å². The van der Waals surface area contributed by atoms with Gasteiger partial charge < -0.3 is 20.1 Å². The number of ether oxygens (including phenoxy) is 2. The number of carbonyl (C=O) groups is 2. The molecule has 222 valence electrons. The number of anilines is 1. The molecule has 0 saturated carbocycles. The highest BCUT2D eigenvalue weighted by molar-refractivity contribution is 6.03. The molecule has 4 aromatic rings. The van der Waals surface area contributed by atoms with E-state index in [2.05, 4.69) is 25.6 Å². The van der Waals surface area contributed by atoms with Crippen molar-refractivity contribution < 1.29 is 19.1 Å². The summed E-state index contributed by atoms with van der Waals surface area (Å²) in [5.41, 5.74) is 2.72. The molecular formula is C32H34N6O5. The first-order chi connectivity index (χ1) is 20.9. The first-order valence-electron chi connectivity index (χ1n) is 14.2. The molecule has 0 bridgehead atoms. The van der Waals surface area contributed by atoms with Gasteiger partial charge in [-0.05, 0) is 74.8 Å². The summed E-state index contributed by atoms with van der Waals surface area (Å²) in [7, 11) is 0. The number of amides is 2. The van der Waals surface area contributed by atoms with Gasteiger partial charge in [-0.1, -0.05) is 17.7 Å². The highest BCUT2D eigenvalue weighted by Gasteiger charge is 2.16. The third-order valence-electron chi connectivity index (χ3n) is 6.97. The summed E-state index contributed by atoms with van der Waals surface area (Å²) in [6, 6.07) is 18.8. The fraction of sp³-hybridized carbons (Fsp3) is 0.281. The second kappa shape index (κ2) is 13.9. The number of pyridine rings is 1. The zero-order valence-corrected chi connectivity index (χ0v) is 24.2. The van der Waals surface area contributed by atoms with Gasteiger partial charge in [0.05, 0.1) is 18.9 Å². The van der Waals surface area contributed by atoms with Crippen LogP contribution in [0.25, 0.3) is 5.69 Å². The number of aryl methyl sites for hydroxylation is 2. The summed E-state index contributed by atoms with van der Waals surface area (Å²) in [5, 5.41) is 10.1. The van der Waals surface area contributed by atoms with Crippen molar-refractivity contribution in [2.45, 2.75) is 20.3 Å². The maximum absolute atomic E-state index is 13.1. The van der Waals surface area contributed by atoms with Gasteiger partial charge in [-0.3, -0.25) is 24.3 Å². The van der Waals surface area contributed by atoms with Crippen molar-refractivity contribution in [3.63, 3.8) is 0 Å². The molecule has 0 spiro atoms. The Bertz CT molecular complexity index is 1630. The van der Waals surface area contributed by atoms with E-state index in [-0.39, 0.29) is 22.9 Å². The predicted molar refractivity (Wildman–Crippen MR) is 162 cm³/mol. The molecule has 1 saturated heterocycles. The topological polar surface area (TPSA) is 128 Å². The Morgan fingerprint density at radius 3 is 2.42 bits per heavy atom. The number of aromatic nitrogens is 3. The summed E-state index contributed by atoms with van der Waals surface area (Å²) in [6.45, 7) is 8.44. The largest absolute Gasteiger partial charge is 0.457 e. The molecular weight excluding hydrogens is 548 g/mol. The highest BCUT2D eigenvalue weighted by Crippen LogP contribution is 2.23. The lowest BCUT2D eigenvalue weighted by molar-refractivity contribution is 0.0374. The van der Waals surface area contributed by atoms with Crippen molar-refractivity contribution in [1.82, 2.24) is 25.0 Å². The van der Waals surface area contributed by atoms with Crippen LogP contribution in [0.3, 0.4) is 0 Å². The molecule has 1 fully saturated rings. The second-order valence-electron chi connectivity index (χ2n) is 10.3. The van der Waals surface area contributed by atoms with Crippen LogP contribution >= 0.6 is 0 Å². The van der Waals surface area contributed by atoms with Gasteiger partial charge in [0.25, 0.3) is 17.4 Å². The Kier molecular flexibility index (Phi) is 9.55. The fourth-order valence-electron chi connectivity index (χ4n) is 4.59. The third kappa shape index (κ3) is 7.91. The van der Waals surface area contributed by atoms with Gasteiger partial charge in [0.2, 0.25) is 0 Å². The van der Waals surface area contributed by atoms with E-state index in [1.807, 2.05) is 19.1 Å². The molecule has 11 nitrogen and oxygen atoms in total. The van der Waals surface area contributed by atoms with Crippen LogP contribution in [0.5, 0.6) is 11.5 Å². The number of hydrogen-bond donors (Lipinski definition) is 2. The van der Waals surface area contributed by atoms with Crippen LogP contribution in [0.2, 0.25) is 0 Å². The van der Waals surface area contributed by atoms with E-state index in [1.54, 1.807) is 55.5 Å². The fourth-order valence-corrected chi connectivity index (χ4v) is 4.59. The van der Waals surface area contributed by atoms with Crippen LogP contribution in [0.15, 0.2) is 77.7 Å². The molecule has 0 radical (unpaired) electrons. The molecule has 5 rings (SSSR count). The van der Waals surface area contributed by atoms with Crippen LogP contribution < -0.4 is 20.9 Å². The van der Waals surface area contributed by atoms with E-state index < -0.39 is 5.91 Å². The normalized spacial score (nSPS) is 13.3. The molecule has 43 heavy (non-hydrogen) atoms. The quantitative estimate of drug-likeness (QED) is 0.271. The summed E-state index contributed by atoms with van der Waals surface area (Å²) in [6.07, 6.45) is 2.37. The molecule has 2 N–H and O–H groups in total. The van der Waals surface area contributed by atoms with Crippen LogP contribution in [0, 0.1) is 13.8 Å². The molecule has 1 aliphatic heterocycles. The van der Waals surface area contributed by atoms with E-state index in [9.17, 15) is 14.4 Å². The molecule has 0 aliphatic carbocycles. The van der Waals surface area contributed by atoms with Gasteiger partial charge >= 0.3 is 0 Å². The zero-order valence-electron chi connectivity index (χ0n) is 24.2. The van der Waals surface area contributed by atoms with Gasteiger partial charge in [0, 0.05) is 43.7 Å². The summed E-state index contributed by atoms with van der Waals surface area (Å²) >= 11 is 0. The minimum atomic E-state index is -0.443.